The van der Waals surface area contributed by atoms with E-state index < -0.39 is 0 Å². The van der Waals surface area contributed by atoms with Crippen LogP contribution in [0.25, 0.3) is 0 Å². The summed E-state index contributed by atoms with van der Waals surface area (Å²) >= 11 is 3.45. The van der Waals surface area contributed by atoms with Crippen molar-refractivity contribution < 1.29 is 14.3 Å². The van der Waals surface area contributed by atoms with Gasteiger partial charge in [-0.1, -0.05) is 40.2 Å². The molecule has 6 heteroatoms. The van der Waals surface area contributed by atoms with Crippen molar-refractivity contribution in [1.82, 2.24) is 4.90 Å². The molecule has 146 valence electrons. The van der Waals surface area contributed by atoms with Gasteiger partial charge in [0.15, 0.2) is 0 Å². The highest BCUT2D eigenvalue weighted by molar-refractivity contribution is 9.10. The molecule has 1 atom stereocenters. The number of hydrogen-bond acceptors (Lipinski definition) is 3. The molecule has 0 saturated carbocycles. The second-order valence-electron chi connectivity index (χ2n) is 7.32. The smallest absolute Gasteiger partial charge is 0.228 e. The largest absolute Gasteiger partial charge is 0.370 e. The van der Waals surface area contributed by atoms with Crippen LogP contribution in [-0.2, 0) is 27.2 Å². The molecule has 1 saturated heterocycles. The van der Waals surface area contributed by atoms with Crippen LogP contribution in [0.4, 0.5) is 5.69 Å². The number of rotatable bonds is 5. The quantitative estimate of drug-likeness (QED) is 0.764. The molecule has 1 unspecified atom stereocenters. The second kappa shape index (κ2) is 8.45. The number of anilines is 1. The summed E-state index contributed by atoms with van der Waals surface area (Å²) in [7, 11) is 0. The molecule has 28 heavy (non-hydrogen) atoms. The minimum absolute atomic E-state index is 0.0509. The lowest BCUT2D eigenvalue weighted by atomic mass is 10.0. The fourth-order valence-corrected chi connectivity index (χ4v) is 4.06. The zero-order chi connectivity index (χ0) is 19.5. The molecule has 1 fully saturated rings. The van der Waals surface area contributed by atoms with Gasteiger partial charge in [0.1, 0.15) is 6.10 Å². The van der Waals surface area contributed by atoms with Crippen molar-refractivity contribution in [2.45, 2.75) is 31.8 Å². The summed E-state index contributed by atoms with van der Waals surface area (Å²) in [4.78, 5) is 26.0. The van der Waals surface area contributed by atoms with Gasteiger partial charge in [0, 0.05) is 23.1 Å². The molecule has 2 amide bonds. The first-order valence-corrected chi connectivity index (χ1v) is 10.4. The van der Waals surface area contributed by atoms with Crippen molar-refractivity contribution in [2.75, 3.05) is 25.0 Å². The molecular formula is C22H23BrN2O3. The third-order valence-corrected chi connectivity index (χ3v) is 5.84. The third-order valence-electron chi connectivity index (χ3n) is 5.31. The van der Waals surface area contributed by atoms with Gasteiger partial charge in [0.25, 0.3) is 0 Å². The van der Waals surface area contributed by atoms with Gasteiger partial charge in [-0.05, 0) is 47.7 Å². The van der Waals surface area contributed by atoms with Crippen LogP contribution in [-0.4, -0.2) is 36.4 Å². The Bertz CT molecular complexity index is 882. The first-order valence-electron chi connectivity index (χ1n) is 9.65. The maximum atomic E-state index is 12.7. The number of amides is 2. The Morgan fingerprint density at radius 1 is 1.21 bits per heavy atom. The molecule has 2 aromatic carbocycles. The van der Waals surface area contributed by atoms with E-state index in [4.69, 9.17) is 4.74 Å². The average molecular weight is 443 g/mol. The molecule has 1 N–H and O–H groups in total. The molecule has 0 aromatic heterocycles. The number of benzene rings is 2. The fraction of sp³-hybridized carbons (Fsp3) is 0.364. The van der Waals surface area contributed by atoms with E-state index in [0.717, 1.165) is 34.1 Å². The number of ether oxygens (including phenoxy) is 1. The number of aryl methyl sites for hydroxylation is 1. The van der Waals surface area contributed by atoms with Gasteiger partial charge in [-0.15, -0.1) is 0 Å². The summed E-state index contributed by atoms with van der Waals surface area (Å²) in [6.07, 6.45) is 2.56. The summed E-state index contributed by atoms with van der Waals surface area (Å²) < 4.78 is 6.90. The zero-order valence-electron chi connectivity index (χ0n) is 15.6. The monoisotopic (exact) mass is 442 g/mol. The second-order valence-corrected chi connectivity index (χ2v) is 8.24. The van der Waals surface area contributed by atoms with Crippen LogP contribution < -0.4 is 5.32 Å². The molecule has 4 rings (SSSR count). The van der Waals surface area contributed by atoms with Crippen molar-refractivity contribution in [3.63, 3.8) is 0 Å². The van der Waals surface area contributed by atoms with Gasteiger partial charge in [0.2, 0.25) is 11.8 Å². The normalized spacial score (nSPS) is 18.7. The van der Waals surface area contributed by atoms with E-state index in [1.165, 1.54) is 5.56 Å². The molecule has 2 aromatic rings. The molecule has 2 aliphatic rings. The Balaban J connectivity index is 1.28. The van der Waals surface area contributed by atoms with Crippen molar-refractivity contribution in [3.05, 3.63) is 63.6 Å². The fourth-order valence-electron chi connectivity index (χ4n) is 3.79. The van der Waals surface area contributed by atoms with Gasteiger partial charge in [0.05, 0.1) is 19.6 Å². The van der Waals surface area contributed by atoms with Gasteiger partial charge < -0.3 is 15.0 Å². The standard InChI is InChI=1S/C22H23BrN2O3/c23-18-7-5-16(6-8-18)20-14-25(10-11-28-20)22(27)3-1-2-15-4-9-19-17(12-15)13-21(26)24-19/h4-9,12,20H,1-3,10-11,13-14H2,(H,24,26). The first-order chi connectivity index (χ1) is 13.6. The number of nitrogens with one attached hydrogen (secondary N) is 1. The number of carbonyl (C=O) groups excluding carboxylic acids is 2. The average Bonchev–Trinajstić information content (AvgIpc) is 3.08. The predicted octanol–water partition coefficient (Wildman–Crippen LogP) is 3.87. The van der Waals surface area contributed by atoms with Crippen LogP contribution in [0.15, 0.2) is 46.9 Å². The van der Waals surface area contributed by atoms with E-state index >= 15 is 0 Å². The number of hydrogen-bond donors (Lipinski definition) is 1. The van der Waals surface area contributed by atoms with Gasteiger partial charge in [-0.3, -0.25) is 9.59 Å². The highest BCUT2D eigenvalue weighted by Gasteiger charge is 2.25. The van der Waals surface area contributed by atoms with Crippen LogP contribution in [0, 0.1) is 0 Å². The zero-order valence-corrected chi connectivity index (χ0v) is 17.2. The lowest BCUT2D eigenvalue weighted by Gasteiger charge is -2.33. The molecule has 0 spiro atoms. The lowest BCUT2D eigenvalue weighted by molar-refractivity contribution is -0.139. The van der Waals surface area contributed by atoms with Crippen molar-refractivity contribution in [3.8, 4) is 0 Å². The Kier molecular flexibility index (Phi) is 5.78. The third kappa shape index (κ3) is 4.45. The van der Waals surface area contributed by atoms with Gasteiger partial charge in [-0.25, -0.2) is 0 Å². The Hall–Kier alpha value is -2.18. The van der Waals surface area contributed by atoms with E-state index in [1.807, 2.05) is 41.3 Å². The van der Waals surface area contributed by atoms with Gasteiger partial charge in [-0.2, -0.15) is 0 Å². The Labute approximate surface area is 173 Å². The van der Waals surface area contributed by atoms with E-state index in [9.17, 15) is 9.59 Å². The van der Waals surface area contributed by atoms with Crippen LogP contribution in [0.1, 0.15) is 35.6 Å². The van der Waals surface area contributed by atoms with Crippen molar-refractivity contribution >= 4 is 33.4 Å². The number of halogens is 1. The van der Waals surface area contributed by atoms with Crippen LogP contribution in [0.2, 0.25) is 0 Å². The molecular weight excluding hydrogens is 420 g/mol. The van der Waals surface area contributed by atoms with E-state index in [1.54, 1.807) is 0 Å². The summed E-state index contributed by atoms with van der Waals surface area (Å²) in [6, 6.07) is 14.1. The number of morpholine rings is 1. The summed E-state index contributed by atoms with van der Waals surface area (Å²) in [5, 5.41) is 2.85. The van der Waals surface area contributed by atoms with Crippen LogP contribution in [0.5, 0.6) is 0 Å². The Morgan fingerprint density at radius 2 is 2.04 bits per heavy atom. The van der Waals surface area contributed by atoms with Crippen molar-refractivity contribution in [2.24, 2.45) is 0 Å². The summed E-state index contributed by atoms with van der Waals surface area (Å²) in [5.41, 5.74) is 4.25. The minimum Gasteiger partial charge on any atom is -0.370 e. The molecule has 2 heterocycles. The predicted molar refractivity (Wildman–Crippen MR) is 111 cm³/mol. The summed E-state index contributed by atoms with van der Waals surface area (Å²) in [6.45, 7) is 1.82. The van der Waals surface area contributed by atoms with E-state index in [2.05, 4.69) is 27.3 Å². The van der Waals surface area contributed by atoms with Crippen LogP contribution in [0.3, 0.4) is 0 Å². The molecule has 0 aliphatic carbocycles. The molecule has 2 aliphatic heterocycles. The SMILES string of the molecule is O=C1Cc2cc(CCCC(=O)N3CCOC(c4ccc(Br)cc4)C3)ccc2N1. The number of fused-ring (bicyclic) bond motifs is 1. The maximum Gasteiger partial charge on any atom is 0.228 e. The van der Waals surface area contributed by atoms with E-state index in [0.29, 0.717) is 32.5 Å². The Morgan fingerprint density at radius 3 is 2.86 bits per heavy atom. The maximum absolute atomic E-state index is 12.7. The molecule has 5 nitrogen and oxygen atoms in total. The summed E-state index contributed by atoms with van der Waals surface area (Å²) in [5.74, 6) is 0.235. The number of carbonyl (C=O) groups is 2. The van der Waals surface area contributed by atoms with E-state index in [-0.39, 0.29) is 17.9 Å². The van der Waals surface area contributed by atoms with Crippen LogP contribution >= 0.6 is 15.9 Å². The molecule has 0 bridgehead atoms. The van der Waals surface area contributed by atoms with Crippen molar-refractivity contribution in [1.29, 1.82) is 0 Å². The van der Waals surface area contributed by atoms with Gasteiger partial charge >= 0.3 is 0 Å². The highest BCUT2D eigenvalue weighted by Crippen LogP contribution is 2.26. The lowest BCUT2D eigenvalue weighted by Crippen LogP contribution is -2.42. The first kappa shape index (κ1) is 19.2. The minimum atomic E-state index is -0.0625. The topological polar surface area (TPSA) is 58.6 Å². The number of nitrogens with zero attached hydrogens (tertiary/aromatic N) is 1. The highest BCUT2D eigenvalue weighted by atomic mass is 79.9. The molecule has 0 radical (unpaired) electrons.